The van der Waals surface area contributed by atoms with Crippen LogP contribution in [0.1, 0.15) is 126 Å². The molecule has 1 spiro atoms. The van der Waals surface area contributed by atoms with Crippen molar-refractivity contribution >= 4 is 13.2 Å². The number of fused-ring (bicyclic) bond motifs is 7. The van der Waals surface area contributed by atoms with E-state index in [1.165, 1.54) is 69.6 Å². The molecule has 4 nitrogen and oxygen atoms in total. The minimum Gasteiger partial charge on any atom is -1.00 e. The minimum absolute atomic E-state index is 0. The first-order chi connectivity index (χ1) is 20.5. The Morgan fingerprint density at radius 1 is 1.00 bits per heavy atom. The van der Waals surface area contributed by atoms with Gasteiger partial charge in [-0.25, -0.2) is 0 Å². The van der Waals surface area contributed by atoms with E-state index in [2.05, 4.69) is 54.5 Å². The molecule has 0 aromatic rings. The van der Waals surface area contributed by atoms with E-state index in [1.54, 1.807) is 5.57 Å². The van der Waals surface area contributed by atoms with E-state index >= 15 is 0 Å². The number of hydrogen-bond acceptors (Lipinski definition) is 4. The summed E-state index contributed by atoms with van der Waals surface area (Å²) in [5, 5.41) is 0. The van der Waals surface area contributed by atoms with Crippen LogP contribution >= 0.6 is 7.26 Å². The molecular weight excluding hydrogens is 631 g/mol. The van der Waals surface area contributed by atoms with Gasteiger partial charge in [-0.3, -0.25) is 4.79 Å². The quantitative estimate of drug-likeness (QED) is 0.119. The van der Waals surface area contributed by atoms with Crippen LogP contribution in [0.15, 0.2) is 11.6 Å². The molecule has 6 rings (SSSR count). The zero-order chi connectivity index (χ0) is 30.6. The SMILES string of the molecule is CC[P+](CC)(CC)CCCCC(=O)O[C@H]1CC[C@@]2(C)C(=CC[C@H]3[C@@H]4C[C@@H]5O[C@]6(CC[C@@H](C)CO6)[C@@H](C)[C@@H]5[C@@]4(C)CC[C@@H]32)C1.[Br-]. The van der Waals surface area contributed by atoms with Gasteiger partial charge < -0.3 is 31.2 Å². The maximum absolute atomic E-state index is 12.9. The molecule has 6 aliphatic rings. The number of rotatable bonds is 9. The van der Waals surface area contributed by atoms with Crippen LogP contribution in [0.2, 0.25) is 0 Å². The molecular formula is C38H64BrO4P. The molecule has 2 aliphatic heterocycles. The van der Waals surface area contributed by atoms with E-state index in [0.717, 1.165) is 50.0 Å². The Hall–Kier alpha value is 0.0400. The van der Waals surface area contributed by atoms with Crippen LogP contribution in [0.4, 0.5) is 0 Å². The molecule has 0 bridgehead atoms. The largest absolute Gasteiger partial charge is 1.00 e. The van der Waals surface area contributed by atoms with Crippen LogP contribution in [0.25, 0.3) is 0 Å². The average molecular weight is 696 g/mol. The molecule has 0 aromatic heterocycles. The van der Waals surface area contributed by atoms with Crippen LogP contribution < -0.4 is 17.0 Å². The smallest absolute Gasteiger partial charge is 0.306 e. The Kier molecular flexibility index (Phi) is 10.9. The van der Waals surface area contributed by atoms with Gasteiger partial charge in [0.25, 0.3) is 0 Å². The summed E-state index contributed by atoms with van der Waals surface area (Å²) in [6, 6.07) is 0. The monoisotopic (exact) mass is 694 g/mol. The molecule has 0 unspecified atom stereocenters. The van der Waals surface area contributed by atoms with Crippen molar-refractivity contribution in [3.05, 3.63) is 11.6 Å². The lowest BCUT2D eigenvalue weighted by atomic mass is 9.47. The molecule has 0 N–H and O–H groups in total. The second-order valence-electron chi connectivity index (χ2n) is 16.6. The van der Waals surface area contributed by atoms with E-state index in [9.17, 15) is 4.79 Å². The fraction of sp³-hybridized carbons (Fsp3) is 0.921. The van der Waals surface area contributed by atoms with Gasteiger partial charge in [-0.05, 0) is 119 Å². The highest BCUT2D eigenvalue weighted by Gasteiger charge is 2.68. The number of carbonyl (C=O) groups is 1. The molecule has 0 amide bonds. The van der Waals surface area contributed by atoms with Gasteiger partial charge in [-0.15, -0.1) is 0 Å². The van der Waals surface area contributed by atoms with Crippen LogP contribution in [0, 0.1) is 46.3 Å². The number of allylic oxidation sites excluding steroid dienone is 1. The zero-order valence-corrected chi connectivity index (χ0v) is 31.7. The van der Waals surface area contributed by atoms with Crippen molar-refractivity contribution in [1.29, 1.82) is 0 Å². The van der Waals surface area contributed by atoms with Gasteiger partial charge in [0.1, 0.15) is 6.10 Å². The third kappa shape index (κ3) is 5.96. The summed E-state index contributed by atoms with van der Waals surface area (Å²) in [6.07, 6.45) is 21.8. The van der Waals surface area contributed by atoms with Crippen LogP contribution in [-0.4, -0.2) is 55.2 Å². The third-order valence-corrected chi connectivity index (χ3v) is 20.2. The molecule has 11 atom stereocenters. The second-order valence-corrected chi connectivity index (χ2v) is 21.6. The lowest BCUT2D eigenvalue weighted by Crippen LogP contribution is -3.00. The normalized spacial score (nSPS) is 44.6. The maximum Gasteiger partial charge on any atom is 0.306 e. The van der Waals surface area contributed by atoms with Crippen molar-refractivity contribution in [1.82, 2.24) is 0 Å². The molecule has 0 aromatic carbocycles. The van der Waals surface area contributed by atoms with Crippen molar-refractivity contribution in [3.8, 4) is 0 Å². The topological polar surface area (TPSA) is 44.8 Å². The number of ether oxygens (including phenoxy) is 3. The summed E-state index contributed by atoms with van der Waals surface area (Å²) >= 11 is 0. The Balaban J connectivity index is 0.00000384. The predicted molar refractivity (Wildman–Crippen MR) is 179 cm³/mol. The van der Waals surface area contributed by atoms with Crippen molar-refractivity contribution in [3.63, 3.8) is 0 Å². The van der Waals surface area contributed by atoms with E-state index in [-0.39, 0.29) is 40.3 Å². The molecule has 4 aliphatic carbocycles. The number of hydrogen-bond donors (Lipinski definition) is 0. The van der Waals surface area contributed by atoms with Gasteiger partial charge in [0.2, 0.25) is 0 Å². The number of carbonyl (C=O) groups excluding carboxylic acids is 1. The Morgan fingerprint density at radius 2 is 1.75 bits per heavy atom. The van der Waals surface area contributed by atoms with Gasteiger partial charge in [-0.1, -0.05) is 39.3 Å². The van der Waals surface area contributed by atoms with Gasteiger partial charge in [0, 0.05) is 32.4 Å². The summed E-state index contributed by atoms with van der Waals surface area (Å²) in [4.78, 5) is 12.9. The molecule has 3 saturated carbocycles. The highest BCUT2D eigenvalue weighted by atomic mass is 79.9. The molecule has 6 heteroatoms. The zero-order valence-electron chi connectivity index (χ0n) is 29.2. The van der Waals surface area contributed by atoms with Gasteiger partial charge in [-0.2, -0.15) is 0 Å². The minimum atomic E-state index is -0.772. The van der Waals surface area contributed by atoms with Gasteiger partial charge in [0.15, 0.2) is 5.79 Å². The summed E-state index contributed by atoms with van der Waals surface area (Å²) in [5.41, 5.74) is 2.24. The fourth-order valence-corrected chi connectivity index (χ4v) is 15.0. The Bertz CT molecular complexity index is 1040. The first kappa shape index (κ1) is 35.3. The number of halogens is 1. The lowest BCUT2D eigenvalue weighted by Gasteiger charge is -2.58. The molecule has 2 saturated heterocycles. The van der Waals surface area contributed by atoms with E-state index in [0.29, 0.717) is 35.7 Å². The molecule has 252 valence electrons. The first-order valence-corrected chi connectivity index (χ1v) is 21.1. The maximum atomic E-state index is 12.9. The Morgan fingerprint density at radius 3 is 2.43 bits per heavy atom. The summed E-state index contributed by atoms with van der Waals surface area (Å²) < 4.78 is 19.7. The van der Waals surface area contributed by atoms with Crippen molar-refractivity contribution in [2.45, 2.75) is 144 Å². The molecule has 44 heavy (non-hydrogen) atoms. The second kappa shape index (κ2) is 13.5. The standard InChI is InChI=1S/C38H64O4P.BrH/c1-8-43(9-2,10-3)22-12-11-13-34(39)41-29-17-19-36(6)28(23-29)14-15-30-31(36)18-20-37(7)32(30)24-33-35(37)27(5)38(42-33)21-16-26(4)25-40-38;/h14,26-27,29-33,35H,8-13,15-25H2,1-7H3;1H/q+1;/p-1/t26-,27+,29+,30-,31+,32+,33+,35+,36+,37+,38-;/m1./s1. The van der Waals surface area contributed by atoms with Gasteiger partial charge in [0.05, 0.1) is 37.4 Å². The average Bonchev–Trinajstić information content (AvgIpc) is 3.45. The van der Waals surface area contributed by atoms with Crippen molar-refractivity contribution in [2.75, 3.05) is 31.3 Å². The van der Waals surface area contributed by atoms with E-state index < -0.39 is 7.26 Å². The highest BCUT2D eigenvalue weighted by Crippen LogP contribution is 2.70. The van der Waals surface area contributed by atoms with Crippen molar-refractivity contribution in [2.24, 2.45) is 46.3 Å². The van der Waals surface area contributed by atoms with E-state index in [1.807, 2.05) is 0 Å². The molecule has 5 fully saturated rings. The Labute approximate surface area is 281 Å². The first-order valence-electron chi connectivity index (χ1n) is 18.6. The third-order valence-electron chi connectivity index (χ3n) is 14.9. The van der Waals surface area contributed by atoms with Crippen LogP contribution in [-0.2, 0) is 19.0 Å². The van der Waals surface area contributed by atoms with E-state index in [4.69, 9.17) is 14.2 Å². The highest BCUT2D eigenvalue weighted by molar-refractivity contribution is 7.75. The number of esters is 1. The molecule has 2 heterocycles. The summed E-state index contributed by atoms with van der Waals surface area (Å²) in [6.45, 7) is 17.9. The molecule has 0 radical (unpaired) electrons. The van der Waals surface area contributed by atoms with Crippen LogP contribution in [0.3, 0.4) is 0 Å². The summed E-state index contributed by atoms with van der Waals surface area (Å²) in [7, 11) is -0.772. The van der Waals surface area contributed by atoms with Gasteiger partial charge >= 0.3 is 5.97 Å². The number of unbranched alkanes of at least 4 members (excludes halogenated alkanes) is 1. The van der Waals surface area contributed by atoms with Crippen molar-refractivity contribution < 1.29 is 36.0 Å². The fourth-order valence-electron chi connectivity index (χ4n) is 11.9. The lowest BCUT2D eigenvalue weighted by molar-refractivity contribution is -0.272. The predicted octanol–water partition coefficient (Wildman–Crippen LogP) is 6.52. The summed E-state index contributed by atoms with van der Waals surface area (Å²) in [5.74, 6) is 3.78. The van der Waals surface area contributed by atoms with Crippen LogP contribution in [0.5, 0.6) is 0 Å².